The van der Waals surface area contributed by atoms with Crippen molar-refractivity contribution < 1.29 is 9.47 Å². The molecule has 1 aromatic rings. The summed E-state index contributed by atoms with van der Waals surface area (Å²) in [4.78, 5) is 0. The monoisotopic (exact) mass is 279 g/mol. The quantitative estimate of drug-likeness (QED) is 0.593. The third-order valence-electron chi connectivity index (χ3n) is 3.01. The molecule has 0 aromatic heterocycles. The first kappa shape index (κ1) is 17.0. The molecule has 0 aliphatic rings. The van der Waals surface area contributed by atoms with Gasteiger partial charge in [0.05, 0.1) is 6.61 Å². The first-order chi connectivity index (χ1) is 9.79. The maximum Gasteiger partial charge on any atom is 0.119 e. The van der Waals surface area contributed by atoms with Crippen molar-refractivity contribution in [2.24, 2.45) is 0 Å². The molecule has 0 spiro atoms. The van der Waals surface area contributed by atoms with Crippen LogP contribution in [0.25, 0.3) is 0 Å². The Hall–Kier alpha value is -1.06. The number of nitrogens with one attached hydrogen (secondary N) is 1. The Kier molecular flexibility index (Phi) is 9.98. The van der Waals surface area contributed by atoms with E-state index in [4.69, 9.17) is 9.47 Å². The van der Waals surface area contributed by atoms with Gasteiger partial charge in [-0.15, -0.1) is 0 Å². The van der Waals surface area contributed by atoms with E-state index in [-0.39, 0.29) is 0 Å². The van der Waals surface area contributed by atoms with Crippen LogP contribution < -0.4 is 10.1 Å². The van der Waals surface area contributed by atoms with E-state index in [2.05, 4.69) is 19.2 Å². The minimum Gasteiger partial charge on any atom is -0.491 e. The van der Waals surface area contributed by atoms with Gasteiger partial charge in [0.15, 0.2) is 0 Å². The summed E-state index contributed by atoms with van der Waals surface area (Å²) in [6, 6.07) is 10.5. The summed E-state index contributed by atoms with van der Waals surface area (Å²) in [7, 11) is 0. The number of benzene rings is 1. The molecule has 0 heterocycles. The topological polar surface area (TPSA) is 30.5 Å². The fraction of sp³-hybridized carbons (Fsp3) is 0.647. The van der Waals surface area contributed by atoms with Gasteiger partial charge >= 0.3 is 0 Å². The number of para-hydroxylation sites is 1. The summed E-state index contributed by atoms with van der Waals surface area (Å²) in [5.41, 5.74) is 0. The van der Waals surface area contributed by atoms with E-state index >= 15 is 0 Å². The van der Waals surface area contributed by atoms with E-state index in [1.165, 1.54) is 19.3 Å². The van der Waals surface area contributed by atoms with Crippen LogP contribution in [0.4, 0.5) is 0 Å². The van der Waals surface area contributed by atoms with Crippen LogP contribution in [0.5, 0.6) is 5.75 Å². The molecule has 0 unspecified atom stereocenters. The predicted octanol–water partition coefficient (Wildman–Crippen LogP) is 3.64. The molecule has 3 heteroatoms. The van der Waals surface area contributed by atoms with Crippen molar-refractivity contribution >= 4 is 0 Å². The van der Waals surface area contributed by atoms with Crippen LogP contribution in [0.15, 0.2) is 30.3 Å². The van der Waals surface area contributed by atoms with Crippen LogP contribution in [-0.2, 0) is 4.74 Å². The lowest BCUT2D eigenvalue weighted by Crippen LogP contribution is -2.23. The maximum absolute atomic E-state index is 5.56. The molecule has 0 atom stereocenters. The van der Waals surface area contributed by atoms with Gasteiger partial charge in [0.25, 0.3) is 0 Å². The molecule has 1 aromatic carbocycles. The van der Waals surface area contributed by atoms with Crippen molar-refractivity contribution in [3.8, 4) is 5.75 Å². The van der Waals surface area contributed by atoms with Gasteiger partial charge in [0, 0.05) is 12.6 Å². The molecular weight excluding hydrogens is 250 g/mol. The third kappa shape index (κ3) is 9.82. The molecule has 114 valence electrons. The van der Waals surface area contributed by atoms with Gasteiger partial charge in [-0.3, -0.25) is 0 Å². The minimum atomic E-state index is 0.600. The number of rotatable bonds is 12. The lowest BCUT2D eigenvalue weighted by Gasteiger charge is -2.08. The first-order valence-corrected chi connectivity index (χ1v) is 7.78. The van der Waals surface area contributed by atoms with Gasteiger partial charge < -0.3 is 14.8 Å². The summed E-state index contributed by atoms with van der Waals surface area (Å²) in [6.07, 6.45) is 4.94. The Bertz CT molecular complexity index is 314. The van der Waals surface area contributed by atoms with Crippen LogP contribution >= 0.6 is 0 Å². The summed E-state index contributed by atoms with van der Waals surface area (Å²) in [5.74, 6) is 0.911. The molecule has 1 N–H and O–H groups in total. The fourth-order valence-corrected chi connectivity index (χ4v) is 1.91. The maximum atomic E-state index is 5.56. The molecular formula is C17H29NO2. The van der Waals surface area contributed by atoms with Crippen LogP contribution in [0.2, 0.25) is 0 Å². The Morgan fingerprint density at radius 1 is 0.900 bits per heavy atom. The Labute approximate surface area is 123 Å². The average molecular weight is 279 g/mol. The molecule has 0 saturated carbocycles. The molecule has 0 radical (unpaired) electrons. The summed E-state index contributed by atoms with van der Waals surface area (Å²) in [6.45, 7) is 7.64. The van der Waals surface area contributed by atoms with Gasteiger partial charge in [0.1, 0.15) is 12.4 Å². The third-order valence-corrected chi connectivity index (χ3v) is 3.01. The average Bonchev–Trinajstić information content (AvgIpc) is 2.45. The van der Waals surface area contributed by atoms with Gasteiger partial charge in [-0.1, -0.05) is 44.9 Å². The fourth-order valence-electron chi connectivity index (χ4n) is 1.91. The molecule has 20 heavy (non-hydrogen) atoms. The summed E-state index contributed by atoms with van der Waals surface area (Å²) < 4.78 is 11.1. The highest BCUT2D eigenvalue weighted by Gasteiger charge is 1.94. The predicted molar refractivity (Wildman–Crippen MR) is 84.4 cm³/mol. The van der Waals surface area contributed by atoms with E-state index < -0.39 is 0 Å². The van der Waals surface area contributed by atoms with Crippen molar-refractivity contribution in [1.82, 2.24) is 5.32 Å². The number of hydrogen-bond acceptors (Lipinski definition) is 3. The van der Waals surface area contributed by atoms with Gasteiger partial charge in [0.2, 0.25) is 0 Å². The Balaban J connectivity index is 1.79. The van der Waals surface area contributed by atoms with E-state index in [9.17, 15) is 0 Å². The SMILES string of the molecule is CC(C)NCCCCCCOCCOc1ccccc1. The normalized spacial score (nSPS) is 10.9. The number of unbranched alkanes of at least 4 members (excludes halogenated alkanes) is 3. The second kappa shape index (κ2) is 11.7. The highest BCUT2D eigenvalue weighted by molar-refractivity contribution is 5.20. The first-order valence-electron chi connectivity index (χ1n) is 7.78. The van der Waals surface area contributed by atoms with Gasteiger partial charge in [-0.25, -0.2) is 0 Å². The second-order valence-electron chi connectivity index (χ2n) is 5.30. The van der Waals surface area contributed by atoms with E-state index in [1.54, 1.807) is 0 Å². The van der Waals surface area contributed by atoms with Gasteiger partial charge in [-0.05, 0) is 31.5 Å². The standard InChI is InChI=1S/C17H29NO2/c1-16(2)18-12-8-3-4-9-13-19-14-15-20-17-10-6-5-7-11-17/h5-7,10-11,16,18H,3-4,8-9,12-15H2,1-2H3. The molecule has 0 fully saturated rings. The van der Waals surface area contributed by atoms with Crippen LogP contribution in [0.3, 0.4) is 0 Å². The van der Waals surface area contributed by atoms with E-state index in [0.29, 0.717) is 19.3 Å². The van der Waals surface area contributed by atoms with Gasteiger partial charge in [-0.2, -0.15) is 0 Å². The lowest BCUT2D eigenvalue weighted by atomic mass is 10.2. The summed E-state index contributed by atoms with van der Waals surface area (Å²) in [5, 5.41) is 3.43. The minimum absolute atomic E-state index is 0.600. The second-order valence-corrected chi connectivity index (χ2v) is 5.30. The Morgan fingerprint density at radius 3 is 2.40 bits per heavy atom. The van der Waals surface area contributed by atoms with E-state index in [1.807, 2.05) is 30.3 Å². The molecule has 0 aliphatic heterocycles. The number of ether oxygens (including phenoxy) is 2. The largest absolute Gasteiger partial charge is 0.491 e. The molecule has 3 nitrogen and oxygen atoms in total. The molecule has 0 saturated heterocycles. The lowest BCUT2D eigenvalue weighted by molar-refractivity contribution is 0.0971. The zero-order valence-corrected chi connectivity index (χ0v) is 12.9. The van der Waals surface area contributed by atoms with Crippen molar-refractivity contribution in [1.29, 1.82) is 0 Å². The van der Waals surface area contributed by atoms with Crippen molar-refractivity contribution in [3.63, 3.8) is 0 Å². The van der Waals surface area contributed by atoms with Crippen LogP contribution in [0, 0.1) is 0 Å². The highest BCUT2D eigenvalue weighted by atomic mass is 16.5. The van der Waals surface area contributed by atoms with Crippen molar-refractivity contribution in [2.45, 2.75) is 45.6 Å². The van der Waals surface area contributed by atoms with Crippen molar-refractivity contribution in [2.75, 3.05) is 26.4 Å². The molecule has 0 aliphatic carbocycles. The highest BCUT2D eigenvalue weighted by Crippen LogP contribution is 2.07. The zero-order chi connectivity index (χ0) is 14.5. The molecule has 0 bridgehead atoms. The molecule has 1 rings (SSSR count). The van der Waals surface area contributed by atoms with Crippen LogP contribution in [-0.4, -0.2) is 32.4 Å². The van der Waals surface area contributed by atoms with Crippen LogP contribution in [0.1, 0.15) is 39.5 Å². The zero-order valence-electron chi connectivity index (χ0n) is 12.9. The molecule has 0 amide bonds. The smallest absolute Gasteiger partial charge is 0.119 e. The Morgan fingerprint density at radius 2 is 1.65 bits per heavy atom. The van der Waals surface area contributed by atoms with Crippen molar-refractivity contribution in [3.05, 3.63) is 30.3 Å². The number of hydrogen-bond donors (Lipinski definition) is 1. The van der Waals surface area contributed by atoms with E-state index in [0.717, 1.165) is 25.3 Å². The summed E-state index contributed by atoms with van der Waals surface area (Å²) >= 11 is 0.